The van der Waals surface area contributed by atoms with Crippen molar-refractivity contribution in [3.05, 3.63) is 51.5 Å². The van der Waals surface area contributed by atoms with Crippen LogP contribution in [0, 0.1) is 5.92 Å². The van der Waals surface area contributed by atoms with Crippen molar-refractivity contribution in [1.29, 1.82) is 0 Å². The topological polar surface area (TPSA) is 53.3 Å². The monoisotopic (exact) mass is 440 g/mol. The minimum atomic E-state index is -0.350. The highest BCUT2D eigenvalue weighted by Gasteiger charge is 2.29. The standard InChI is InChI=1S/C23H26N2O3S.C2H6/c1-5-28-23(26)21-18-7-6-15-12-20(27-4)17(10-14(2)3)11-19(15)25(18)22(24-21)16-8-9-29-13-16;1-2/h8-9,11-14H,5-7,10H2,1-4H3;1-2H3. The molecule has 0 spiro atoms. The summed E-state index contributed by atoms with van der Waals surface area (Å²) in [6.45, 7) is 10.6. The second-order valence-corrected chi connectivity index (χ2v) is 8.47. The van der Waals surface area contributed by atoms with Crippen LogP contribution in [0.25, 0.3) is 17.1 Å². The molecular formula is C25H32N2O3S. The van der Waals surface area contributed by atoms with Crippen LogP contribution in [-0.4, -0.2) is 29.2 Å². The molecule has 0 radical (unpaired) electrons. The minimum absolute atomic E-state index is 0.339. The van der Waals surface area contributed by atoms with Gasteiger partial charge in [-0.15, -0.1) is 0 Å². The van der Waals surface area contributed by atoms with Crippen molar-refractivity contribution in [3.63, 3.8) is 0 Å². The predicted octanol–water partition coefficient (Wildman–Crippen LogP) is 6.11. The molecule has 2 aromatic heterocycles. The SMILES string of the molecule is CC.CCOC(=O)c1nc(-c2ccsc2)n2c1CCc1cc(OC)c(CC(C)C)cc1-2. The van der Waals surface area contributed by atoms with Crippen LogP contribution in [-0.2, 0) is 24.0 Å². The van der Waals surface area contributed by atoms with Gasteiger partial charge in [0.25, 0.3) is 0 Å². The maximum atomic E-state index is 12.6. The number of nitrogens with zero attached hydrogens (tertiary/aromatic N) is 2. The number of rotatable bonds is 6. The summed E-state index contributed by atoms with van der Waals surface area (Å²) in [6, 6.07) is 6.41. The average Bonchev–Trinajstić information content (AvgIpc) is 3.42. The normalized spacial score (nSPS) is 12.0. The third kappa shape index (κ3) is 4.54. The highest BCUT2D eigenvalue weighted by molar-refractivity contribution is 7.08. The molecule has 6 heteroatoms. The molecule has 0 bridgehead atoms. The molecule has 0 fully saturated rings. The van der Waals surface area contributed by atoms with Crippen molar-refractivity contribution < 1.29 is 14.3 Å². The van der Waals surface area contributed by atoms with E-state index in [4.69, 9.17) is 14.5 Å². The maximum absolute atomic E-state index is 12.6. The molecule has 3 aromatic rings. The van der Waals surface area contributed by atoms with Crippen molar-refractivity contribution >= 4 is 17.3 Å². The van der Waals surface area contributed by atoms with Crippen LogP contribution in [0.3, 0.4) is 0 Å². The Morgan fingerprint density at radius 1 is 1.26 bits per heavy atom. The number of thiophene rings is 1. The van der Waals surface area contributed by atoms with E-state index in [1.165, 1.54) is 11.1 Å². The fourth-order valence-electron chi connectivity index (χ4n) is 4.00. The first-order valence-electron chi connectivity index (χ1n) is 11.0. The first kappa shape index (κ1) is 23.1. The van der Waals surface area contributed by atoms with Gasteiger partial charge < -0.3 is 9.47 Å². The third-order valence-electron chi connectivity index (χ3n) is 5.20. The van der Waals surface area contributed by atoms with Gasteiger partial charge in [-0.05, 0) is 66.8 Å². The summed E-state index contributed by atoms with van der Waals surface area (Å²) in [7, 11) is 1.73. The summed E-state index contributed by atoms with van der Waals surface area (Å²) in [5.41, 5.74) is 5.86. The number of imidazole rings is 1. The lowest BCUT2D eigenvalue weighted by atomic mass is 9.94. The predicted molar refractivity (Wildman–Crippen MR) is 127 cm³/mol. The van der Waals surface area contributed by atoms with E-state index in [0.717, 1.165) is 47.8 Å². The van der Waals surface area contributed by atoms with E-state index < -0.39 is 0 Å². The number of hydrogen-bond acceptors (Lipinski definition) is 5. The molecule has 0 saturated carbocycles. The van der Waals surface area contributed by atoms with Crippen molar-refractivity contribution in [2.45, 2.75) is 53.9 Å². The number of methoxy groups -OCH3 is 1. The largest absolute Gasteiger partial charge is 0.496 e. The molecule has 3 heterocycles. The van der Waals surface area contributed by atoms with E-state index in [9.17, 15) is 4.79 Å². The van der Waals surface area contributed by atoms with Crippen molar-refractivity contribution in [3.8, 4) is 22.8 Å². The maximum Gasteiger partial charge on any atom is 0.358 e. The zero-order valence-electron chi connectivity index (χ0n) is 19.3. The second kappa shape index (κ2) is 10.1. The van der Waals surface area contributed by atoms with Crippen LogP contribution in [0.1, 0.15) is 61.9 Å². The lowest BCUT2D eigenvalue weighted by Gasteiger charge is -2.24. The summed E-state index contributed by atoms with van der Waals surface area (Å²) in [5.74, 6) is 1.89. The van der Waals surface area contributed by atoms with Gasteiger partial charge in [-0.2, -0.15) is 11.3 Å². The number of aryl methyl sites for hydroxylation is 1. The lowest BCUT2D eigenvalue weighted by molar-refractivity contribution is 0.0518. The summed E-state index contributed by atoms with van der Waals surface area (Å²) in [5, 5.41) is 4.10. The van der Waals surface area contributed by atoms with Gasteiger partial charge in [-0.25, -0.2) is 9.78 Å². The number of carbonyl (C=O) groups is 1. The Hall–Kier alpha value is -2.60. The quantitative estimate of drug-likeness (QED) is 0.434. The van der Waals surface area contributed by atoms with E-state index in [-0.39, 0.29) is 5.97 Å². The molecule has 0 atom stereocenters. The first-order valence-corrected chi connectivity index (χ1v) is 12.0. The van der Waals surface area contributed by atoms with Gasteiger partial charge in [0.05, 0.1) is 25.1 Å². The van der Waals surface area contributed by atoms with Crippen LogP contribution < -0.4 is 4.74 Å². The first-order chi connectivity index (χ1) is 15.0. The molecule has 1 aliphatic heterocycles. The van der Waals surface area contributed by atoms with Gasteiger partial charge in [-0.3, -0.25) is 4.57 Å². The third-order valence-corrected chi connectivity index (χ3v) is 5.89. The van der Waals surface area contributed by atoms with E-state index in [1.807, 2.05) is 32.2 Å². The second-order valence-electron chi connectivity index (χ2n) is 7.69. The Kier molecular flexibility index (Phi) is 7.55. The number of hydrogen-bond donors (Lipinski definition) is 0. The average molecular weight is 441 g/mol. The van der Waals surface area contributed by atoms with E-state index in [0.29, 0.717) is 18.2 Å². The van der Waals surface area contributed by atoms with E-state index in [1.54, 1.807) is 18.4 Å². The van der Waals surface area contributed by atoms with Crippen LogP contribution in [0.5, 0.6) is 5.75 Å². The van der Waals surface area contributed by atoms with Crippen molar-refractivity contribution in [2.24, 2.45) is 5.92 Å². The highest BCUT2D eigenvalue weighted by Crippen LogP contribution is 2.37. The van der Waals surface area contributed by atoms with Crippen LogP contribution in [0.2, 0.25) is 0 Å². The Bertz CT molecular complexity index is 1040. The smallest absolute Gasteiger partial charge is 0.358 e. The Labute approximate surface area is 189 Å². The minimum Gasteiger partial charge on any atom is -0.496 e. The molecule has 1 aromatic carbocycles. The van der Waals surface area contributed by atoms with Gasteiger partial charge in [0.2, 0.25) is 0 Å². The molecule has 0 N–H and O–H groups in total. The van der Waals surface area contributed by atoms with Crippen LogP contribution in [0.15, 0.2) is 29.0 Å². The van der Waals surface area contributed by atoms with Gasteiger partial charge in [0, 0.05) is 10.9 Å². The molecule has 0 amide bonds. The van der Waals surface area contributed by atoms with Crippen molar-refractivity contribution in [2.75, 3.05) is 13.7 Å². The number of aromatic nitrogens is 2. The molecule has 5 nitrogen and oxygen atoms in total. The summed E-state index contributed by atoms with van der Waals surface area (Å²) in [4.78, 5) is 17.4. The zero-order valence-corrected chi connectivity index (χ0v) is 20.1. The molecule has 4 rings (SSSR count). The summed E-state index contributed by atoms with van der Waals surface area (Å²) >= 11 is 1.62. The molecular weight excluding hydrogens is 408 g/mol. The molecule has 0 unspecified atom stereocenters. The molecule has 0 saturated heterocycles. The number of ether oxygens (including phenoxy) is 2. The Balaban J connectivity index is 0.00000132. The van der Waals surface area contributed by atoms with Gasteiger partial charge in [0.15, 0.2) is 5.69 Å². The fraction of sp³-hybridized carbons (Fsp3) is 0.440. The van der Waals surface area contributed by atoms with Crippen molar-refractivity contribution in [1.82, 2.24) is 9.55 Å². The zero-order chi connectivity index (χ0) is 22.5. The molecule has 166 valence electrons. The fourth-order valence-corrected chi connectivity index (χ4v) is 4.63. The molecule has 1 aliphatic rings. The number of esters is 1. The van der Waals surface area contributed by atoms with Crippen LogP contribution in [0.4, 0.5) is 0 Å². The summed E-state index contributed by atoms with van der Waals surface area (Å²) in [6.07, 6.45) is 2.51. The van der Waals surface area contributed by atoms with Crippen LogP contribution >= 0.6 is 11.3 Å². The highest BCUT2D eigenvalue weighted by atomic mass is 32.1. The number of benzene rings is 1. The van der Waals surface area contributed by atoms with Gasteiger partial charge >= 0.3 is 5.97 Å². The molecule has 0 aliphatic carbocycles. The summed E-state index contributed by atoms with van der Waals surface area (Å²) < 4.78 is 13.1. The number of carbonyl (C=O) groups excluding carboxylic acids is 1. The van der Waals surface area contributed by atoms with Gasteiger partial charge in [-0.1, -0.05) is 27.7 Å². The van der Waals surface area contributed by atoms with E-state index >= 15 is 0 Å². The lowest BCUT2D eigenvalue weighted by Crippen LogP contribution is -2.17. The Morgan fingerprint density at radius 3 is 2.65 bits per heavy atom. The van der Waals surface area contributed by atoms with E-state index in [2.05, 4.69) is 35.9 Å². The van der Waals surface area contributed by atoms with Gasteiger partial charge in [0.1, 0.15) is 11.6 Å². The Morgan fingerprint density at radius 2 is 2.03 bits per heavy atom. The molecule has 31 heavy (non-hydrogen) atoms. The number of fused-ring (bicyclic) bond motifs is 3.